The number of hydrogen-bond acceptors (Lipinski definition) is 5. The van der Waals surface area contributed by atoms with Gasteiger partial charge in [-0.3, -0.25) is 9.59 Å². The fourth-order valence-electron chi connectivity index (χ4n) is 3.81. The summed E-state index contributed by atoms with van der Waals surface area (Å²) in [5.74, 6) is -0.476. The lowest BCUT2D eigenvalue weighted by atomic mass is 9.92. The first kappa shape index (κ1) is 25.7. The summed E-state index contributed by atoms with van der Waals surface area (Å²) >= 11 is 0. The maximum atomic E-state index is 12.1. The van der Waals surface area contributed by atoms with Gasteiger partial charge in [0.1, 0.15) is 6.10 Å². The smallest absolute Gasteiger partial charge is 0.334 e. The summed E-state index contributed by atoms with van der Waals surface area (Å²) in [4.78, 5) is 35.9. The van der Waals surface area contributed by atoms with Crippen LogP contribution in [0.3, 0.4) is 0 Å². The summed E-state index contributed by atoms with van der Waals surface area (Å²) in [6.45, 7) is 9.14. The van der Waals surface area contributed by atoms with Gasteiger partial charge in [-0.05, 0) is 91.7 Å². The Bertz CT molecular complexity index is 903. The summed E-state index contributed by atoms with van der Waals surface area (Å²) in [5.41, 5.74) is 3.21. The molecule has 2 rings (SSSR count). The molecule has 1 N–H and O–H groups in total. The average Bonchev–Trinajstić information content (AvgIpc) is 2.70. The van der Waals surface area contributed by atoms with Gasteiger partial charge in [-0.1, -0.05) is 29.4 Å². The Morgan fingerprint density at radius 1 is 1.09 bits per heavy atom. The molecule has 5 heteroatoms. The number of carbonyl (C=O) groups is 3. The van der Waals surface area contributed by atoms with Crippen LogP contribution in [0.25, 0.3) is 0 Å². The van der Waals surface area contributed by atoms with E-state index in [4.69, 9.17) is 4.74 Å². The molecule has 1 heterocycles. The maximum absolute atomic E-state index is 12.1. The lowest BCUT2D eigenvalue weighted by Crippen LogP contribution is -2.42. The average molecular weight is 441 g/mol. The van der Waals surface area contributed by atoms with Crippen molar-refractivity contribution >= 4 is 17.5 Å². The van der Waals surface area contributed by atoms with Crippen LogP contribution in [0.15, 0.2) is 58.2 Å². The predicted octanol–water partition coefficient (Wildman–Crippen LogP) is 5.26. The predicted molar refractivity (Wildman–Crippen MR) is 126 cm³/mol. The molecule has 0 amide bonds. The molecule has 0 spiro atoms. The fourth-order valence-corrected chi connectivity index (χ4v) is 3.81. The van der Waals surface area contributed by atoms with E-state index in [1.54, 1.807) is 20.8 Å². The molecule has 1 aliphatic carbocycles. The SMILES string of the molecule is CC1=CC(=O)C=C(C/C=C(\C)CC/C=C(\C)CC/C=C2/CC[C@H](C(C)(C)O)OC2=O)C1=O. The summed E-state index contributed by atoms with van der Waals surface area (Å²) in [7, 11) is 0. The Balaban J connectivity index is 1.75. The van der Waals surface area contributed by atoms with Gasteiger partial charge in [0.2, 0.25) is 0 Å². The van der Waals surface area contributed by atoms with E-state index in [1.165, 1.54) is 23.3 Å². The second-order valence-electron chi connectivity index (χ2n) is 9.43. The molecule has 2 aliphatic rings. The molecule has 0 aromatic rings. The maximum Gasteiger partial charge on any atom is 0.334 e. The zero-order valence-electron chi connectivity index (χ0n) is 20.0. The molecule has 1 atom stereocenters. The summed E-state index contributed by atoms with van der Waals surface area (Å²) in [6, 6.07) is 0. The third kappa shape index (κ3) is 7.86. The topological polar surface area (TPSA) is 80.7 Å². The number of Topliss-reactive ketones (excluding diaryl/α,β-unsaturated/α-hetero) is 1. The van der Waals surface area contributed by atoms with Crippen LogP contribution in [0, 0.1) is 0 Å². The number of esters is 1. The molecule has 1 fully saturated rings. The molecule has 5 nitrogen and oxygen atoms in total. The third-order valence-electron chi connectivity index (χ3n) is 5.93. The van der Waals surface area contributed by atoms with Crippen LogP contribution in [0.2, 0.25) is 0 Å². The number of cyclic esters (lactones) is 1. The first-order valence-electron chi connectivity index (χ1n) is 11.4. The van der Waals surface area contributed by atoms with Gasteiger partial charge < -0.3 is 9.84 Å². The van der Waals surface area contributed by atoms with Crippen LogP contribution >= 0.6 is 0 Å². The molecule has 1 saturated heterocycles. The van der Waals surface area contributed by atoms with Gasteiger partial charge in [-0.15, -0.1) is 0 Å². The highest BCUT2D eigenvalue weighted by Gasteiger charge is 2.34. The van der Waals surface area contributed by atoms with E-state index in [-0.39, 0.29) is 17.5 Å². The lowest BCUT2D eigenvalue weighted by molar-refractivity contribution is -0.162. The zero-order valence-corrected chi connectivity index (χ0v) is 20.0. The van der Waals surface area contributed by atoms with Crippen molar-refractivity contribution in [3.8, 4) is 0 Å². The summed E-state index contributed by atoms with van der Waals surface area (Å²) in [5, 5.41) is 10.0. The number of aliphatic hydroxyl groups is 1. The van der Waals surface area contributed by atoms with Crippen molar-refractivity contribution in [2.75, 3.05) is 0 Å². The van der Waals surface area contributed by atoms with Crippen molar-refractivity contribution in [1.29, 1.82) is 0 Å². The highest BCUT2D eigenvalue weighted by molar-refractivity contribution is 6.20. The Labute approximate surface area is 191 Å². The van der Waals surface area contributed by atoms with Gasteiger partial charge in [-0.2, -0.15) is 0 Å². The Hall–Kier alpha value is -2.53. The highest BCUT2D eigenvalue weighted by Crippen LogP contribution is 2.27. The lowest BCUT2D eigenvalue weighted by Gasteiger charge is -2.32. The number of rotatable bonds is 9. The number of ether oxygens (including phenoxy) is 1. The van der Waals surface area contributed by atoms with Crippen molar-refractivity contribution in [2.45, 2.75) is 91.3 Å². The van der Waals surface area contributed by atoms with Gasteiger partial charge in [0.15, 0.2) is 11.6 Å². The minimum absolute atomic E-state index is 0.0454. The van der Waals surface area contributed by atoms with Crippen molar-refractivity contribution in [3.05, 3.63) is 58.2 Å². The van der Waals surface area contributed by atoms with E-state index in [2.05, 4.69) is 13.0 Å². The second-order valence-corrected chi connectivity index (χ2v) is 9.43. The van der Waals surface area contributed by atoms with Crippen LogP contribution in [0.4, 0.5) is 0 Å². The van der Waals surface area contributed by atoms with E-state index in [0.717, 1.165) is 25.7 Å². The van der Waals surface area contributed by atoms with Gasteiger partial charge in [0.25, 0.3) is 0 Å². The van der Waals surface area contributed by atoms with Gasteiger partial charge >= 0.3 is 5.97 Å². The molecule has 0 saturated carbocycles. The zero-order chi connectivity index (χ0) is 23.9. The van der Waals surface area contributed by atoms with Crippen molar-refractivity contribution in [2.24, 2.45) is 0 Å². The van der Waals surface area contributed by atoms with Crippen LogP contribution in [-0.2, 0) is 19.1 Å². The van der Waals surface area contributed by atoms with Crippen molar-refractivity contribution in [3.63, 3.8) is 0 Å². The standard InChI is InChI=1S/C27H36O5/c1-18(10-7-11-21-14-15-24(27(4,5)31)32-26(21)30)8-6-9-19(2)12-13-22-17-23(28)16-20(3)25(22)29/h8,11-12,16-17,24,31H,6-7,9-10,13-15H2,1-5H3/b18-8+,19-12+,21-11-/t24-/m1/s1. The minimum Gasteiger partial charge on any atom is -0.456 e. The number of hydrogen-bond donors (Lipinski definition) is 1. The molecular weight excluding hydrogens is 404 g/mol. The van der Waals surface area contributed by atoms with E-state index in [9.17, 15) is 19.5 Å². The number of ketones is 2. The van der Waals surface area contributed by atoms with Crippen LogP contribution in [0.5, 0.6) is 0 Å². The molecule has 32 heavy (non-hydrogen) atoms. The fraction of sp³-hybridized carbons (Fsp3) is 0.519. The molecule has 0 radical (unpaired) electrons. The molecule has 1 aliphatic heterocycles. The van der Waals surface area contributed by atoms with E-state index < -0.39 is 11.7 Å². The van der Waals surface area contributed by atoms with Gasteiger partial charge in [0.05, 0.1) is 5.60 Å². The molecule has 0 aromatic heterocycles. The van der Waals surface area contributed by atoms with Crippen molar-refractivity contribution < 1.29 is 24.2 Å². The third-order valence-corrected chi connectivity index (χ3v) is 5.93. The Morgan fingerprint density at radius 2 is 1.75 bits per heavy atom. The molecule has 0 bridgehead atoms. The quantitative estimate of drug-likeness (QED) is 0.229. The normalized spacial score (nSPS) is 22.1. The van der Waals surface area contributed by atoms with Crippen LogP contribution < -0.4 is 0 Å². The van der Waals surface area contributed by atoms with Gasteiger partial charge in [0, 0.05) is 16.7 Å². The summed E-state index contributed by atoms with van der Waals surface area (Å²) < 4.78 is 5.37. The molecule has 174 valence electrons. The molecule has 0 unspecified atom stereocenters. The van der Waals surface area contributed by atoms with E-state index in [0.29, 0.717) is 36.0 Å². The summed E-state index contributed by atoms with van der Waals surface area (Å²) in [6.07, 6.45) is 13.8. The monoisotopic (exact) mass is 440 g/mol. The molecular formula is C27H36O5. The number of allylic oxidation sites excluding steroid dienone is 9. The van der Waals surface area contributed by atoms with Gasteiger partial charge in [-0.25, -0.2) is 4.79 Å². The van der Waals surface area contributed by atoms with Crippen molar-refractivity contribution in [1.82, 2.24) is 0 Å². The van der Waals surface area contributed by atoms with E-state index in [1.807, 2.05) is 19.1 Å². The second kappa shape index (κ2) is 11.4. The minimum atomic E-state index is -1.01. The highest BCUT2D eigenvalue weighted by atomic mass is 16.6. The first-order chi connectivity index (χ1) is 15.0. The Morgan fingerprint density at radius 3 is 2.41 bits per heavy atom. The Kier molecular flexibility index (Phi) is 9.14. The number of carbonyl (C=O) groups excluding carboxylic acids is 3. The first-order valence-corrected chi connectivity index (χ1v) is 11.4. The van der Waals surface area contributed by atoms with Crippen LogP contribution in [-0.4, -0.2) is 34.3 Å². The largest absolute Gasteiger partial charge is 0.456 e. The van der Waals surface area contributed by atoms with E-state index >= 15 is 0 Å². The van der Waals surface area contributed by atoms with Crippen LogP contribution in [0.1, 0.15) is 79.6 Å². The molecule has 0 aromatic carbocycles.